The third-order valence-corrected chi connectivity index (χ3v) is 3.76. The Labute approximate surface area is 148 Å². The molecule has 134 valence electrons. The molecule has 1 aromatic heterocycles. The summed E-state index contributed by atoms with van der Waals surface area (Å²) in [5, 5.41) is 7.21. The Bertz CT molecular complexity index is 745. The van der Waals surface area contributed by atoms with Crippen LogP contribution in [0.3, 0.4) is 0 Å². The molecule has 2 aromatic rings. The van der Waals surface area contributed by atoms with Gasteiger partial charge in [-0.3, -0.25) is 9.59 Å². The normalized spacial score (nSPS) is 11.2. The van der Waals surface area contributed by atoms with Crippen LogP contribution in [0.1, 0.15) is 43.7 Å². The van der Waals surface area contributed by atoms with Crippen LogP contribution in [0.5, 0.6) is 0 Å². The zero-order chi connectivity index (χ0) is 18.6. The Kier molecular flexibility index (Phi) is 5.62. The van der Waals surface area contributed by atoms with E-state index in [1.165, 1.54) is 4.90 Å². The average molecular weight is 342 g/mol. The van der Waals surface area contributed by atoms with Gasteiger partial charge in [-0.25, -0.2) is 4.68 Å². The van der Waals surface area contributed by atoms with Crippen LogP contribution in [0.25, 0.3) is 5.69 Å². The van der Waals surface area contributed by atoms with E-state index in [1.807, 2.05) is 65.0 Å². The monoisotopic (exact) mass is 342 g/mol. The molecule has 0 bridgehead atoms. The minimum absolute atomic E-state index is 0.0303. The molecule has 1 aromatic carbocycles. The van der Waals surface area contributed by atoms with Gasteiger partial charge in [0.1, 0.15) is 0 Å². The predicted octanol–water partition coefficient (Wildman–Crippen LogP) is 2.56. The van der Waals surface area contributed by atoms with E-state index in [-0.39, 0.29) is 23.9 Å². The van der Waals surface area contributed by atoms with Crippen LogP contribution in [0, 0.1) is 6.92 Å². The molecule has 1 heterocycles. The number of hydrogen-bond donors (Lipinski definition) is 1. The topological polar surface area (TPSA) is 67.2 Å². The Balaban J connectivity index is 2.19. The molecule has 6 heteroatoms. The molecule has 0 aliphatic heterocycles. The van der Waals surface area contributed by atoms with Crippen LogP contribution in [0.15, 0.2) is 36.5 Å². The number of hydrogen-bond acceptors (Lipinski definition) is 3. The van der Waals surface area contributed by atoms with Crippen LogP contribution >= 0.6 is 0 Å². The summed E-state index contributed by atoms with van der Waals surface area (Å²) < 4.78 is 1.73. The van der Waals surface area contributed by atoms with Crippen molar-refractivity contribution in [2.75, 3.05) is 13.1 Å². The third-order valence-electron chi connectivity index (χ3n) is 3.76. The van der Waals surface area contributed by atoms with Crippen molar-refractivity contribution >= 4 is 11.8 Å². The molecule has 1 N–H and O–H groups in total. The Hall–Kier alpha value is -2.63. The van der Waals surface area contributed by atoms with Gasteiger partial charge in [-0.1, -0.05) is 18.2 Å². The van der Waals surface area contributed by atoms with Gasteiger partial charge in [-0.05, 0) is 46.8 Å². The molecular formula is C19H26N4O2. The highest BCUT2D eigenvalue weighted by atomic mass is 16.2. The summed E-state index contributed by atoms with van der Waals surface area (Å²) >= 11 is 0. The maximum absolute atomic E-state index is 12.8. The summed E-state index contributed by atoms with van der Waals surface area (Å²) in [6, 6.07) is 9.65. The zero-order valence-corrected chi connectivity index (χ0v) is 15.5. The standard InChI is InChI=1S/C19H26N4O2/c1-6-22(13-17(24)21-19(3,4)5)18(25)16-12-20-23(14(16)2)15-10-8-7-9-11-15/h7-12H,6,13H2,1-5H3,(H,21,24). The fourth-order valence-corrected chi connectivity index (χ4v) is 2.58. The quantitative estimate of drug-likeness (QED) is 0.908. The first-order valence-electron chi connectivity index (χ1n) is 8.43. The fourth-order valence-electron chi connectivity index (χ4n) is 2.58. The lowest BCUT2D eigenvalue weighted by molar-refractivity contribution is -0.123. The SMILES string of the molecule is CCN(CC(=O)NC(C)(C)C)C(=O)c1cnn(-c2ccccc2)c1C. The van der Waals surface area contributed by atoms with Crippen molar-refractivity contribution in [3.05, 3.63) is 47.8 Å². The summed E-state index contributed by atoms with van der Waals surface area (Å²) in [6.45, 7) is 9.94. The van der Waals surface area contributed by atoms with Gasteiger partial charge in [-0.2, -0.15) is 5.10 Å². The van der Waals surface area contributed by atoms with E-state index in [1.54, 1.807) is 10.9 Å². The second-order valence-corrected chi connectivity index (χ2v) is 7.01. The highest BCUT2D eigenvalue weighted by Crippen LogP contribution is 2.15. The number of nitrogens with zero attached hydrogens (tertiary/aromatic N) is 3. The molecule has 2 rings (SSSR count). The number of aromatic nitrogens is 2. The van der Waals surface area contributed by atoms with Crippen LogP contribution in [-0.4, -0.2) is 45.1 Å². The molecule has 0 aliphatic carbocycles. The lowest BCUT2D eigenvalue weighted by atomic mass is 10.1. The lowest BCUT2D eigenvalue weighted by Crippen LogP contribution is -2.47. The second-order valence-electron chi connectivity index (χ2n) is 7.01. The van der Waals surface area contributed by atoms with Crippen molar-refractivity contribution in [3.63, 3.8) is 0 Å². The fraction of sp³-hybridized carbons (Fsp3) is 0.421. The van der Waals surface area contributed by atoms with Crippen molar-refractivity contribution < 1.29 is 9.59 Å². The van der Waals surface area contributed by atoms with Crippen molar-refractivity contribution in [2.24, 2.45) is 0 Å². The Morgan fingerprint density at radius 1 is 1.20 bits per heavy atom. The maximum Gasteiger partial charge on any atom is 0.257 e. The summed E-state index contributed by atoms with van der Waals surface area (Å²) in [7, 11) is 0. The first-order chi connectivity index (χ1) is 11.7. The number of amides is 2. The van der Waals surface area contributed by atoms with E-state index in [0.717, 1.165) is 11.4 Å². The number of carbonyl (C=O) groups is 2. The third kappa shape index (κ3) is 4.68. The molecule has 25 heavy (non-hydrogen) atoms. The lowest BCUT2D eigenvalue weighted by Gasteiger charge is -2.25. The zero-order valence-electron chi connectivity index (χ0n) is 15.5. The van der Waals surface area contributed by atoms with E-state index in [0.29, 0.717) is 12.1 Å². The van der Waals surface area contributed by atoms with Gasteiger partial charge in [0.15, 0.2) is 0 Å². The van der Waals surface area contributed by atoms with Gasteiger partial charge in [0.25, 0.3) is 5.91 Å². The van der Waals surface area contributed by atoms with Gasteiger partial charge >= 0.3 is 0 Å². The summed E-state index contributed by atoms with van der Waals surface area (Å²) in [6.07, 6.45) is 1.56. The second kappa shape index (κ2) is 7.51. The molecule has 0 atom stereocenters. The first kappa shape index (κ1) is 18.7. The molecule has 0 aliphatic rings. The largest absolute Gasteiger partial charge is 0.350 e. The van der Waals surface area contributed by atoms with E-state index in [9.17, 15) is 9.59 Å². The Morgan fingerprint density at radius 2 is 1.84 bits per heavy atom. The average Bonchev–Trinajstić information content (AvgIpc) is 2.92. The smallest absolute Gasteiger partial charge is 0.257 e. The van der Waals surface area contributed by atoms with Crippen LogP contribution in [0.2, 0.25) is 0 Å². The molecule has 0 saturated heterocycles. The van der Waals surface area contributed by atoms with E-state index in [4.69, 9.17) is 0 Å². The molecule has 0 saturated carbocycles. The van der Waals surface area contributed by atoms with Crippen LogP contribution in [0.4, 0.5) is 0 Å². The molecule has 0 spiro atoms. The molecule has 2 amide bonds. The van der Waals surface area contributed by atoms with Gasteiger partial charge in [0.2, 0.25) is 5.91 Å². The summed E-state index contributed by atoms with van der Waals surface area (Å²) in [5.41, 5.74) is 1.83. The van der Waals surface area contributed by atoms with Gasteiger partial charge in [0.05, 0.1) is 29.7 Å². The number of benzene rings is 1. The number of likely N-dealkylation sites (N-methyl/N-ethyl adjacent to an activating group) is 1. The number of rotatable bonds is 5. The highest BCUT2D eigenvalue weighted by Gasteiger charge is 2.23. The number of carbonyl (C=O) groups excluding carboxylic acids is 2. The van der Waals surface area contributed by atoms with Gasteiger partial charge in [0, 0.05) is 12.1 Å². The number of para-hydroxylation sites is 1. The van der Waals surface area contributed by atoms with E-state index in [2.05, 4.69) is 10.4 Å². The first-order valence-corrected chi connectivity index (χ1v) is 8.43. The van der Waals surface area contributed by atoms with Crippen molar-refractivity contribution in [3.8, 4) is 5.69 Å². The van der Waals surface area contributed by atoms with Gasteiger partial charge in [-0.15, -0.1) is 0 Å². The molecule has 0 fully saturated rings. The number of nitrogens with one attached hydrogen (secondary N) is 1. The molecule has 0 unspecified atom stereocenters. The van der Waals surface area contributed by atoms with Crippen molar-refractivity contribution in [1.82, 2.24) is 20.0 Å². The van der Waals surface area contributed by atoms with Gasteiger partial charge < -0.3 is 10.2 Å². The summed E-state index contributed by atoms with van der Waals surface area (Å²) in [4.78, 5) is 26.5. The van der Waals surface area contributed by atoms with Crippen molar-refractivity contribution in [1.29, 1.82) is 0 Å². The molecule has 0 radical (unpaired) electrons. The van der Waals surface area contributed by atoms with E-state index < -0.39 is 0 Å². The maximum atomic E-state index is 12.8. The van der Waals surface area contributed by atoms with Crippen molar-refractivity contribution in [2.45, 2.75) is 40.2 Å². The van der Waals surface area contributed by atoms with Crippen LogP contribution in [-0.2, 0) is 4.79 Å². The predicted molar refractivity (Wildman–Crippen MR) is 97.8 cm³/mol. The van der Waals surface area contributed by atoms with Crippen LogP contribution < -0.4 is 5.32 Å². The highest BCUT2D eigenvalue weighted by molar-refractivity contribution is 5.97. The summed E-state index contributed by atoms with van der Waals surface area (Å²) in [5.74, 6) is -0.359. The Morgan fingerprint density at radius 3 is 2.40 bits per heavy atom. The van der Waals surface area contributed by atoms with E-state index >= 15 is 0 Å². The molecule has 6 nitrogen and oxygen atoms in total. The minimum atomic E-state index is -0.326. The minimum Gasteiger partial charge on any atom is -0.350 e. The molecular weight excluding hydrogens is 316 g/mol.